The molecule has 2 aliphatic heterocycles. The highest BCUT2D eigenvalue weighted by Crippen LogP contribution is 2.38. The number of anilines is 1. The highest BCUT2D eigenvalue weighted by molar-refractivity contribution is 5.87. The van der Waals surface area contributed by atoms with Gasteiger partial charge in [0.05, 0.1) is 5.56 Å². The summed E-state index contributed by atoms with van der Waals surface area (Å²) in [6.07, 6.45) is 4.70. The van der Waals surface area contributed by atoms with E-state index in [2.05, 4.69) is 46.6 Å². The third-order valence-electron chi connectivity index (χ3n) is 7.87. The minimum atomic E-state index is -0.874. The lowest BCUT2D eigenvalue weighted by atomic mass is 9.96. The van der Waals surface area contributed by atoms with Crippen molar-refractivity contribution in [2.24, 2.45) is 0 Å². The maximum atomic E-state index is 11.1. The van der Waals surface area contributed by atoms with Gasteiger partial charge in [-0.05, 0) is 90.9 Å². The van der Waals surface area contributed by atoms with Gasteiger partial charge in [0.2, 0.25) is 0 Å². The molecule has 2 bridgehead atoms. The molecule has 0 saturated carbocycles. The van der Waals surface area contributed by atoms with E-state index in [0.717, 1.165) is 36.6 Å². The Labute approximate surface area is 223 Å². The second kappa shape index (κ2) is 10.7. The molecule has 5 heteroatoms. The fraction of sp³-hybridized carbons (Fsp3) is 0.242. The standard InChI is InChI=1S/C33H32N2O3/c36-33(37)26-8-6-23(7-9-26)22-35-29-14-15-30(35)21-28(20-29)34-27-12-18-32(19-13-27)38-31-16-10-25(11-17-31)24-4-2-1-3-5-24/h1-13,16-19,28-30,34H,14-15,20-22H2,(H,36,37)/t28?,29-,30+. The van der Waals surface area contributed by atoms with Crippen molar-refractivity contribution in [3.05, 3.63) is 114 Å². The predicted octanol–water partition coefficient (Wildman–Crippen LogP) is 7.45. The summed E-state index contributed by atoms with van der Waals surface area (Å²) in [5.41, 5.74) is 5.02. The Morgan fingerprint density at radius 2 is 1.34 bits per heavy atom. The van der Waals surface area contributed by atoms with E-state index in [4.69, 9.17) is 9.84 Å². The fourth-order valence-electron chi connectivity index (χ4n) is 5.95. The average Bonchev–Trinajstić information content (AvgIpc) is 3.17. The van der Waals surface area contributed by atoms with E-state index in [1.54, 1.807) is 12.1 Å². The van der Waals surface area contributed by atoms with Crippen LogP contribution in [0.1, 0.15) is 41.6 Å². The molecular formula is C33H32N2O3. The summed E-state index contributed by atoms with van der Waals surface area (Å²) in [6, 6.07) is 35.7. The molecule has 2 heterocycles. The molecule has 5 nitrogen and oxygen atoms in total. The number of carboxylic acids is 1. The van der Waals surface area contributed by atoms with Crippen molar-refractivity contribution in [2.45, 2.75) is 50.4 Å². The van der Waals surface area contributed by atoms with Gasteiger partial charge in [-0.1, -0.05) is 54.6 Å². The smallest absolute Gasteiger partial charge is 0.335 e. The summed E-state index contributed by atoms with van der Waals surface area (Å²) < 4.78 is 6.08. The van der Waals surface area contributed by atoms with Gasteiger partial charge in [0.25, 0.3) is 0 Å². The molecule has 2 saturated heterocycles. The lowest BCUT2D eigenvalue weighted by Gasteiger charge is -2.39. The van der Waals surface area contributed by atoms with Crippen molar-refractivity contribution in [2.75, 3.05) is 5.32 Å². The van der Waals surface area contributed by atoms with Gasteiger partial charge in [0.15, 0.2) is 0 Å². The number of piperidine rings is 1. The van der Waals surface area contributed by atoms with Crippen LogP contribution in [0.15, 0.2) is 103 Å². The molecule has 3 atom stereocenters. The molecule has 0 aromatic heterocycles. The number of nitrogens with zero attached hydrogens (tertiary/aromatic N) is 1. The molecule has 0 aliphatic carbocycles. The van der Waals surface area contributed by atoms with Crippen molar-refractivity contribution >= 4 is 11.7 Å². The van der Waals surface area contributed by atoms with Crippen molar-refractivity contribution in [1.82, 2.24) is 4.90 Å². The van der Waals surface area contributed by atoms with Crippen LogP contribution in [0.3, 0.4) is 0 Å². The molecule has 0 radical (unpaired) electrons. The Balaban J connectivity index is 1.03. The van der Waals surface area contributed by atoms with Gasteiger partial charge in [-0.15, -0.1) is 0 Å². The number of aromatic carboxylic acids is 1. The first-order valence-electron chi connectivity index (χ1n) is 13.4. The van der Waals surface area contributed by atoms with Gasteiger partial charge in [-0.3, -0.25) is 4.90 Å². The van der Waals surface area contributed by atoms with Crippen molar-refractivity contribution < 1.29 is 14.6 Å². The van der Waals surface area contributed by atoms with Gasteiger partial charge >= 0.3 is 5.97 Å². The third-order valence-corrected chi connectivity index (χ3v) is 7.87. The number of nitrogens with one attached hydrogen (secondary N) is 1. The van der Waals surface area contributed by atoms with Gasteiger partial charge in [0.1, 0.15) is 11.5 Å². The van der Waals surface area contributed by atoms with Crippen LogP contribution in [0.2, 0.25) is 0 Å². The number of benzene rings is 4. The lowest BCUT2D eigenvalue weighted by molar-refractivity contribution is 0.0696. The van der Waals surface area contributed by atoms with Gasteiger partial charge < -0.3 is 15.2 Å². The Kier molecular flexibility index (Phi) is 6.84. The van der Waals surface area contributed by atoms with E-state index in [0.29, 0.717) is 23.7 Å². The molecular weight excluding hydrogens is 472 g/mol. The average molecular weight is 505 g/mol. The molecule has 38 heavy (non-hydrogen) atoms. The quantitative estimate of drug-likeness (QED) is 0.261. The molecule has 0 amide bonds. The number of rotatable bonds is 8. The zero-order chi connectivity index (χ0) is 25.9. The summed E-state index contributed by atoms with van der Waals surface area (Å²) in [6.45, 7) is 0.889. The van der Waals surface area contributed by atoms with Crippen molar-refractivity contribution in [1.29, 1.82) is 0 Å². The largest absolute Gasteiger partial charge is 0.478 e. The van der Waals surface area contributed by atoms with Crippen LogP contribution in [0.4, 0.5) is 5.69 Å². The zero-order valence-electron chi connectivity index (χ0n) is 21.3. The number of fused-ring (bicyclic) bond motifs is 2. The van der Waals surface area contributed by atoms with Gasteiger partial charge in [-0.25, -0.2) is 4.79 Å². The number of carbonyl (C=O) groups is 1. The van der Waals surface area contributed by atoms with Crippen LogP contribution in [-0.2, 0) is 6.54 Å². The van der Waals surface area contributed by atoms with Gasteiger partial charge in [0, 0.05) is 30.4 Å². The lowest BCUT2D eigenvalue weighted by Crippen LogP contribution is -2.46. The number of carboxylic acid groups (broad SMARTS) is 1. The van der Waals surface area contributed by atoms with E-state index < -0.39 is 5.97 Å². The van der Waals surface area contributed by atoms with Crippen LogP contribution < -0.4 is 10.1 Å². The van der Waals surface area contributed by atoms with E-state index in [-0.39, 0.29) is 0 Å². The van der Waals surface area contributed by atoms with Crippen LogP contribution in [0, 0.1) is 0 Å². The minimum Gasteiger partial charge on any atom is -0.478 e. The van der Waals surface area contributed by atoms with Crippen molar-refractivity contribution in [3.63, 3.8) is 0 Å². The summed E-state index contributed by atoms with van der Waals surface area (Å²) in [7, 11) is 0. The Morgan fingerprint density at radius 3 is 1.95 bits per heavy atom. The number of hydrogen-bond acceptors (Lipinski definition) is 4. The fourth-order valence-corrected chi connectivity index (χ4v) is 5.95. The molecule has 192 valence electrons. The molecule has 1 unspecified atom stereocenters. The monoisotopic (exact) mass is 504 g/mol. The van der Waals surface area contributed by atoms with E-state index >= 15 is 0 Å². The maximum absolute atomic E-state index is 11.1. The van der Waals surface area contributed by atoms with E-state index in [9.17, 15) is 4.79 Å². The summed E-state index contributed by atoms with van der Waals surface area (Å²) in [5.74, 6) is 0.777. The number of hydrogen-bond donors (Lipinski definition) is 2. The Hall–Kier alpha value is -4.09. The summed E-state index contributed by atoms with van der Waals surface area (Å²) >= 11 is 0. The molecule has 4 aromatic rings. The van der Waals surface area contributed by atoms with Crippen LogP contribution in [-0.4, -0.2) is 34.1 Å². The second-order valence-corrected chi connectivity index (χ2v) is 10.4. The SMILES string of the molecule is O=C(O)c1ccc(CN2[C@@H]3CC[C@H]2CC(Nc2ccc(Oc4ccc(-c5ccccc5)cc4)cc2)C3)cc1. The van der Waals surface area contributed by atoms with Crippen LogP contribution >= 0.6 is 0 Å². The number of ether oxygens (including phenoxy) is 1. The predicted molar refractivity (Wildman–Crippen MR) is 151 cm³/mol. The summed E-state index contributed by atoms with van der Waals surface area (Å²) in [5, 5.41) is 12.9. The Bertz CT molecular complexity index is 1350. The molecule has 6 rings (SSSR count). The third kappa shape index (κ3) is 5.43. The first kappa shape index (κ1) is 24.3. The minimum absolute atomic E-state index is 0.344. The first-order chi connectivity index (χ1) is 18.6. The molecule has 2 N–H and O–H groups in total. The van der Waals surface area contributed by atoms with Crippen LogP contribution in [0.5, 0.6) is 11.5 Å². The summed E-state index contributed by atoms with van der Waals surface area (Å²) in [4.78, 5) is 13.8. The Morgan fingerprint density at radius 1 is 0.763 bits per heavy atom. The second-order valence-electron chi connectivity index (χ2n) is 10.4. The molecule has 0 spiro atoms. The normalized spacial score (nSPS) is 20.7. The van der Waals surface area contributed by atoms with Crippen molar-refractivity contribution in [3.8, 4) is 22.6 Å². The molecule has 2 aliphatic rings. The topological polar surface area (TPSA) is 61.8 Å². The molecule has 2 fully saturated rings. The zero-order valence-corrected chi connectivity index (χ0v) is 21.3. The first-order valence-corrected chi connectivity index (χ1v) is 13.4. The highest BCUT2D eigenvalue weighted by atomic mass is 16.5. The highest BCUT2D eigenvalue weighted by Gasteiger charge is 2.40. The van der Waals surface area contributed by atoms with E-state index in [1.807, 2.05) is 54.6 Å². The van der Waals surface area contributed by atoms with Crippen LogP contribution in [0.25, 0.3) is 11.1 Å². The van der Waals surface area contributed by atoms with E-state index in [1.165, 1.54) is 29.5 Å². The maximum Gasteiger partial charge on any atom is 0.335 e. The molecule has 4 aromatic carbocycles. The van der Waals surface area contributed by atoms with Gasteiger partial charge in [-0.2, -0.15) is 0 Å².